The van der Waals surface area contributed by atoms with Crippen molar-refractivity contribution in [1.29, 1.82) is 0 Å². The van der Waals surface area contributed by atoms with Gasteiger partial charge in [0.05, 0.1) is 17.3 Å². The van der Waals surface area contributed by atoms with Gasteiger partial charge in [0.2, 0.25) is 0 Å². The number of amides is 1. The topological polar surface area (TPSA) is 112 Å². The van der Waals surface area contributed by atoms with E-state index in [4.69, 9.17) is 5.11 Å². The minimum atomic E-state index is -0.977. The predicted octanol–water partition coefficient (Wildman–Crippen LogP) is 1.28. The van der Waals surface area contributed by atoms with Crippen LogP contribution in [-0.4, -0.2) is 44.5 Å². The molecule has 1 heterocycles. The highest BCUT2D eigenvalue weighted by atomic mass is 16.4. The van der Waals surface area contributed by atoms with Crippen molar-refractivity contribution in [2.24, 2.45) is 5.92 Å². The number of aromatic nitrogens is 2. The van der Waals surface area contributed by atoms with Gasteiger partial charge in [0, 0.05) is 25.2 Å². The second kappa shape index (κ2) is 7.99. The van der Waals surface area contributed by atoms with Crippen LogP contribution in [0.5, 0.6) is 0 Å². The van der Waals surface area contributed by atoms with E-state index in [2.05, 4.69) is 4.98 Å². The number of aliphatic carboxylic acids is 1. The number of H-pyrrole nitrogens is 1. The molecule has 26 heavy (non-hydrogen) atoms. The Kier molecular flexibility index (Phi) is 5.97. The monoisotopic (exact) mass is 361 g/mol. The highest BCUT2D eigenvalue weighted by molar-refractivity contribution is 5.97. The SMILES string of the molecule is CCn1c(=O)[nH]c2cc(C(=O)N(CCC(=O)O)CC(C)C)ccc2c1=O. The van der Waals surface area contributed by atoms with Gasteiger partial charge in [-0.25, -0.2) is 4.79 Å². The number of carboxylic acid groups (broad SMARTS) is 1. The number of rotatable bonds is 7. The fourth-order valence-corrected chi connectivity index (χ4v) is 2.80. The van der Waals surface area contributed by atoms with E-state index >= 15 is 0 Å². The highest BCUT2D eigenvalue weighted by Gasteiger charge is 2.19. The zero-order valence-electron chi connectivity index (χ0n) is 15.1. The number of carbonyl (C=O) groups excluding carboxylic acids is 1. The maximum atomic E-state index is 12.8. The van der Waals surface area contributed by atoms with Gasteiger partial charge in [-0.15, -0.1) is 0 Å². The van der Waals surface area contributed by atoms with E-state index in [1.54, 1.807) is 6.92 Å². The lowest BCUT2D eigenvalue weighted by molar-refractivity contribution is -0.137. The molecule has 0 saturated heterocycles. The normalized spacial score (nSPS) is 11.1. The Bertz CT molecular complexity index is 942. The number of hydrogen-bond donors (Lipinski definition) is 2. The molecule has 2 aromatic rings. The van der Waals surface area contributed by atoms with E-state index in [9.17, 15) is 19.2 Å². The number of nitrogens with one attached hydrogen (secondary N) is 1. The van der Waals surface area contributed by atoms with E-state index < -0.39 is 17.2 Å². The van der Waals surface area contributed by atoms with Crippen molar-refractivity contribution in [2.75, 3.05) is 13.1 Å². The summed E-state index contributed by atoms with van der Waals surface area (Å²) in [7, 11) is 0. The molecule has 0 spiro atoms. The average Bonchev–Trinajstić information content (AvgIpc) is 2.57. The van der Waals surface area contributed by atoms with Crippen LogP contribution in [0, 0.1) is 5.92 Å². The number of carboxylic acids is 1. The lowest BCUT2D eigenvalue weighted by Crippen LogP contribution is -2.36. The van der Waals surface area contributed by atoms with Crippen molar-refractivity contribution in [3.8, 4) is 0 Å². The molecule has 0 aliphatic heterocycles. The van der Waals surface area contributed by atoms with Crippen LogP contribution < -0.4 is 11.2 Å². The smallest absolute Gasteiger partial charge is 0.328 e. The van der Waals surface area contributed by atoms with Crippen LogP contribution in [0.3, 0.4) is 0 Å². The number of carbonyl (C=O) groups is 2. The Balaban J connectivity index is 2.43. The molecule has 0 bridgehead atoms. The van der Waals surface area contributed by atoms with E-state index in [1.165, 1.54) is 23.1 Å². The highest BCUT2D eigenvalue weighted by Crippen LogP contribution is 2.13. The fraction of sp³-hybridized carbons (Fsp3) is 0.444. The maximum absolute atomic E-state index is 12.8. The van der Waals surface area contributed by atoms with Gasteiger partial charge >= 0.3 is 11.7 Å². The molecule has 8 heteroatoms. The Labute approximate surface area is 150 Å². The lowest BCUT2D eigenvalue weighted by Gasteiger charge is -2.24. The fourth-order valence-electron chi connectivity index (χ4n) is 2.80. The molecule has 140 valence electrons. The van der Waals surface area contributed by atoms with Crippen LogP contribution in [0.4, 0.5) is 0 Å². The van der Waals surface area contributed by atoms with Gasteiger partial charge < -0.3 is 15.0 Å². The zero-order valence-corrected chi connectivity index (χ0v) is 15.1. The molecule has 1 aromatic carbocycles. The minimum absolute atomic E-state index is 0.0956. The average molecular weight is 361 g/mol. The summed E-state index contributed by atoms with van der Waals surface area (Å²) >= 11 is 0. The molecule has 8 nitrogen and oxygen atoms in total. The summed E-state index contributed by atoms with van der Waals surface area (Å²) in [6.07, 6.45) is -0.149. The third kappa shape index (κ3) is 4.19. The Hall–Kier alpha value is -2.90. The first-order valence-electron chi connectivity index (χ1n) is 8.52. The Morgan fingerprint density at radius 3 is 2.54 bits per heavy atom. The largest absolute Gasteiger partial charge is 0.481 e. The summed E-state index contributed by atoms with van der Waals surface area (Å²) in [5, 5.41) is 9.21. The van der Waals surface area contributed by atoms with Gasteiger partial charge in [0.1, 0.15) is 0 Å². The van der Waals surface area contributed by atoms with Crippen molar-refractivity contribution in [2.45, 2.75) is 33.7 Å². The standard InChI is InChI=1S/C18H23N3O5/c1-4-21-17(25)13-6-5-12(9-14(13)19-18(21)26)16(24)20(10-11(2)3)8-7-15(22)23/h5-6,9,11H,4,7-8,10H2,1-3H3,(H,19,26)(H,22,23). The Morgan fingerprint density at radius 2 is 1.96 bits per heavy atom. The molecule has 2 rings (SSSR count). The molecule has 0 aliphatic rings. The lowest BCUT2D eigenvalue weighted by atomic mass is 10.1. The predicted molar refractivity (Wildman–Crippen MR) is 97.5 cm³/mol. The van der Waals surface area contributed by atoms with E-state index in [-0.39, 0.29) is 31.3 Å². The summed E-state index contributed by atoms with van der Waals surface area (Å²) in [4.78, 5) is 52.0. The second-order valence-corrected chi connectivity index (χ2v) is 6.53. The van der Waals surface area contributed by atoms with Gasteiger partial charge in [0.25, 0.3) is 11.5 Å². The van der Waals surface area contributed by atoms with E-state index in [0.29, 0.717) is 23.0 Å². The maximum Gasteiger partial charge on any atom is 0.328 e. The van der Waals surface area contributed by atoms with Crippen molar-refractivity contribution >= 4 is 22.8 Å². The minimum Gasteiger partial charge on any atom is -0.481 e. The summed E-state index contributed by atoms with van der Waals surface area (Å²) in [5.74, 6) is -1.14. The van der Waals surface area contributed by atoms with Gasteiger partial charge in [-0.3, -0.25) is 19.0 Å². The molecular weight excluding hydrogens is 338 g/mol. The van der Waals surface area contributed by atoms with Gasteiger partial charge in [-0.05, 0) is 31.0 Å². The molecular formula is C18H23N3O5. The van der Waals surface area contributed by atoms with Crippen LogP contribution in [0.2, 0.25) is 0 Å². The molecule has 0 radical (unpaired) electrons. The summed E-state index contributed by atoms with van der Waals surface area (Å²) in [5.41, 5.74) is -0.346. The molecule has 1 amide bonds. The summed E-state index contributed by atoms with van der Waals surface area (Å²) < 4.78 is 1.09. The van der Waals surface area contributed by atoms with Gasteiger partial charge in [-0.1, -0.05) is 13.8 Å². The molecule has 0 aliphatic carbocycles. The number of aromatic amines is 1. The van der Waals surface area contributed by atoms with Gasteiger partial charge in [0.15, 0.2) is 0 Å². The molecule has 1 aromatic heterocycles. The first kappa shape index (κ1) is 19.4. The second-order valence-electron chi connectivity index (χ2n) is 6.53. The number of nitrogens with zero attached hydrogens (tertiary/aromatic N) is 2. The molecule has 2 N–H and O–H groups in total. The van der Waals surface area contributed by atoms with Crippen molar-refractivity contribution < 1.29 is 14.7 Å². The van der Waals surface area contributed by atoms with Gasteiger partial charge in [-0.2, -0.15) is 0 Å². The van der Waals surface area contributed by atoms with Crippen LogP contribution in [0.1, 0.15) is 37.6 Å². The summed E-state index contributed by atoms with van der Waals surface area (Å²) in [6, 6.07) is 4.50. The summed E-state index contributed by atoms with van der Waals surface area (Å²) in [6.45, 7) is 6.34. The quantitative estimate of drug-likeness (QED) is 0.771. The number of hydrogen-bond acceptors (Lipinski definition) is 4. The molecule has 0 saturated carbocycles. The van der Waals surface area contributed by atoms with Crippen molar-refractivity contribution in [3.63, 3.8) is 0 Å². The van der Waals surface area contributed by atoms with E-state index in [1.807, 2.05) is 13.8 Å². The van der Waals surface area contributed by atoms with E-state index in [0.717, 1.165) is 4.57 Å². The zero-order chi connectivity index (χ0) is 19.4. The Morgan fingerprint density at radius 1 is 1.27 bits per heavy atom. The van der Waals surface area contributed by atoms with Crippen molar-refractivity contribution in [3.05, 3.63) is 44.6 Å². The van der Waals surface area contributed by atoms with Crippen molar-refractivity contribution in [1.82, 2.24) is 14.5 Å². The first-order chi connectivity index (χ1) is 12.2. The van der Waals surface area contributed by atoms with Crippen LogP contribution in [0.15, 0.2) is 27.8 Å². The van der Waals surface area contributed by atoms with Crippen LogP contribution in [0.25, 0.3) is 10.9 Å². The van der Waals surface area contributed by atoms with Crippen LogP contribution in [-0.2, 0) is 11.3 Å². The molecule has 0 atom stereocenters. The third-order valence-corrected chi connectivity index (χ3v) is 4.01. The number of fused-ring (bicyclic) bond motifs is 1. The third-order valence-electron chi connectivity index (χ3n) is 4.01. The van der Waals surface area contributed by atoms with Crippen LogP contribution >= 0.6 is 0 Å². The number of benzene rings is 1. The molecule has 0 unspecified atom stereocenters. The first-order valence-corrected chi connectivity index (χ1v) is 8.52. The molecule has 0 fully saturated rings.